The average Bonchev–Trinajstić information content (AvgIpc) is 3.33. The van der Waals surface area contributed by atoms with Crippen LogP contribution < -0.4 is 0 Å². The molecule has 0 aromatic carbocycles. The number of imidazole rings is 1. The van der Waals surface area contributed by atoms with Crippen molar-refractivity contribution >= 4 is 11.8 Å². The van der Waals surface area contributed by atoms with Gasteiger partial charge in [0.15, 0.2) is 0 Å². The van der Waals surface area contributed by atoms with Crippen molar-refractivity contribution in [3.63, 3.8) is 0 Å². The number of carbonyl (C=O) groups excluding carboxylic acids is 2. The summed E-state index contributed by atoms with van der Waals surface area (Å²) in [6.07, 6.45) is 11.5. The average molecular weight is 367 g/mol. The fourth-order valence-electron chi connectivity index (χ4n) is 4.09. The second-order valence-corrected chi connectivity index (χ2v) is 7.56. The summed E-state index contributed by atoms with van der Waals surface area (Å²) in [7, 11) is 0. The van der Waals surface area contributed by atoms with Crippen LogP contribution in [-0.2, 0) is 22.7 Å². The SMILES string of the molecule is O=C1CC(C(=O)N2CCC(Cn3ccnc3)CC2)CN1Cc1cccnc1. The van der Waals surface area contributed by atoms with Crippen LogP contribution in [0.3, 0.4) is 0 Å². The first-order valence-corrected chi connectivity index (χ1v) is 9.60. The highest BCUT2D eigenvalue weighted by Gasteiger charge is 2.37. The smallest absolute Gasteiger partial charge is 0.227 e. The predicted molar refractivity (Wildman–Crippen MR) is 99.3 cm³/mol. The largest absolute Gasteiger partial charge is 0.342 e. The maximum Gasteiger partial charge on any atom is 0.227 e. The van der Waals surface area contributed by atoms with Gasteiger partial charge in [0.2, 0.25) is 11.8 Å². The van der Waals surface area contributed by atoms with Crippen molar-refractivity contribution in [2.24, 2.45) is 11.8 Å². The van der Waals surface area contributed by atoms with Gasteiger partial charge in [-0.3, -0.25) is 14.6 Å². The van der Waals surface area contributed by atoms with Gasteiger partial charge >= 0.3 is 0 Å². The molecule has 1 atom stereocenters. The quantitative estimate of drug-likeness (QED) is 0.804. The van der Waals surface area contributed by atoms with E-state index in [2.05, 4.69) is 14.5 Å². The van der Waals surface area contributed by atoms with Gasteiger partial charge < -0.3 is 14.4 Å². The first-order chi connectivity index (χ1) is 13.2. The predicted octanol–water partition coefficient (Wildman–Crippen LogP) is 1.57. The van der Waals surface area contributed by atoms with Crippen LogP contribution in [0.15, 0.2) is 43.2 Å². The topological polar surface area (TPSA) is 71.3 Å². The number of nitrogens with zero attached hydrogens (tertiary/aromatic N) is 5. The lowest BCUT2D eigenvalue weighted by Gasteiger charge is -2.33. The van der Waals surface area contributed by atoms with Crippen LogP contribution in [0.2, 0.25) is 0 Å². The first kappa shape index (κ1) is 17.7. The van der Waals surface area contributed by atoms with Gasteiger partial charge in [-0.1, -0.05) is 6.07 Å². The molecule has 0 bridgehead atoms. The molecule has 7 nitrogen and oxygen atoms in total. The number of piperidine rings is 1. The van der Waals surface area contributed by atoms with Gasteiger partial charge in [-0.2, -0.15) is 0 Å². The molecule has 142 valence electrons. The third-order valence-electron chi connectivity index (χ3n) is 5.61. The van der Waals surface area contributed by atoms with E-state index in [0.29, 0.717) is 25.4 Å². The molecule has 4 rings (SSSR count). The second-order valence-electron chi connectivity index (χ2n) is 7.56. The van der Waals surface area contributed by atoms with Crippen molar-refractivity contribution in [2.45, 2.75) is 32.4 Å². The Morgan fingerprint density at radius 1 is 1.19 bits per heavy atom. The normalized spacial score (nSPS) is 21.0. The van der Waals surface area contributed by atoms with Crippen molar-refractivity contribution < 1.29 is 9.59 Å². The third kappa shape index (κ3) is 4.18. The minimum absolute atomic E-state index is 0.0622. The van der Waals surface area contributed by atoms with E-state index < -0.39 is 0 Å². The summed E-state index contributed by atoms with van der Waals surface area (Å²) in [5, 5.41) is 0. The highest BCUT2D eigenvalue weighted by atomic mass is 16.2. The highest BCUT2D eigenvalue weighted by Crippen LogP contribution is 2.25. The molecule has 27 heavy (non-hydrogen) atoms. The Labute approximate surface area is 159 Å². The minimum atomic E-state index is -0.209. The molecule has 7 heteroatoms. The van der Waals surface area contributed by atoms with Crippen molar-refractivity contribution in [3.8, 4) is 0 Å². The standard InChI is InChI=1S/C20H25N5O2/c26-19-10-18(14-25(19)13-17-2-1-5-21-11-17)20(27)24-7-3-16(4-8-24)12-23-9-6-22-15-23/h1-2,5-6,9,11,15-16,18H,3-4,7-8,10,12-14H2. The minimum Gasteiger partial charge on any atom is -0.342 e. The molecule has 2 aliphatic heterocycles. The molecule has 2 fully saturated rings. The molecule has 2 aromatic heterocycles. The summed E-state index contributed by atoms with van der Waals surface area (Å²) in [5.74, 6) is 0.570. The summed E-state index contributed by atoms with van der Waals surface area (Å²) in [5.41, 5.74) is 0.999. The second kappa shape index (κ2) is 7.90. The Bertz CT molecular complexity index is 769. The molecule has 0 spiro atoms. The summed E-state index contributed by atoms with van der Waals surface area (Å²) in [6, 6.07) is 3.83. The Morgan fingerprint density at radius 2 is 2.04 bits per heavy atom. The van der Waals surface area contributed by atoms with E-state index in [9.17, 15) is 9.59 Å². The summed E-state index contributed by atoms with van der Waals surface area (Å²) in [6.45, 7) is 3.57. The molecule has 2 aliphatic rings. The lowest BCUT2D eigenvalue weighted by atomic mass is 9.95. The zero-order valence-electron chi connectivity index (χ0n) is 15.4. The van der Waals surface area contributed by atoms with Crippen LogP contribution in [0.5, 0.6) is 0 Å². The molecule has 0 saturated carbocycles. The molecule has 0 aliphatic carbocycles. The van der Waals surface area contributed by atoms with Crippen LogP contribution in [-0.4, -0.2) is 55.8 Å². The Morgan fingerprint density at radius 3 is 2.74 bits per heavy atom. The number of pyridine rings is 1. The van der Waals surface area contributed by atoms with Crippen molar-refractivity contribution in [2.75, 3.05) is 19.6 Å². The van der Waals surface area contributed by atoms with Crippen LogP contribution in [0.25, 0.3) is 0 Å². The van der Waals surface area contributed by atoms with E-state index >= 15 is 0 Å². The van der Waals surface area contributed by atoms with Gasteiger partial charge in [0.25, 0.3) is 0 Å². The Kier molecular flexibility index (Phi) is 5.18. The fourth-order valence-corrected chi connectivity index (χ4v) is 4.09. The van der Waals surface area contributed by atoms with Gasteiger partial charge in [-0.15, -0.1) is 0 Å². The van der Waals surface area contributed by atoms with E-state index in [4.69, 9.17) is 0 Å². The lowest BCUT2D eigenvalue weighted by molar-refractivity contribution is -0.137. The molecule has 0 radical (unpaired) electrons. The molecule has 0 N–H and O–H groups in total. The van der Waals surface area contributed by atoms with Gasteiger partial charge in [0, 0.05) is 63.9 Å². The number of carbonyl (C=O) groups is 2. The summed E-state index contributed by atoms with van der Waals surface area (Å²) >= 11 is 0. The van der Waals surface area contributed by atoms with Gasteiger partial charge in [-0.05, 0) is 30.4 Å². The monoisotopic (exact) mass is 367 g/mol. The molecule has 2 amide bonds. The molecule has 1 unspecified atom stereocenters. The van der Waals surface area contributed by atoms with E-state index in [1.165, 1.54) is 0 Å². The van der Waals surface area contributed by atoms with Gasteiger partial charge in [-0.25, -0.2) is 4.98 Å². The molecular formula is C20H25N5O2. The Balaban J connectivity index is 1.28. The molecular weight excluding hydrogens is 342 g/mol. The zero-order chi connectivity index (χ0) is 18.6. The number of likely N-dealkylation sites (tertiary alicyclic amines) is 2. The van der Waals surface area contributed by atoms with E-state index in [0.717, 1.165) is 38.0 Å². The van der Waals surface area contributed by atoms with E-state index in [1.54, 1.807) is 23.5 Å². The fraction of sp³-hybridized carbons (Fsp3) is 0.500. The van der Waals surface area contributed by atoms with Crippen molar-refractivity contribution in [1.82, 2.24) is 24.3 Å². The third-order valence-corrected chi connectivity index (χ3v) is 5.61. The number of rotatable bonds is 5. The molecule has 4 heterocycles. The summed E-state index contributed by atoms with van der Waals surface area (Å²) in [4.78, 5) is 37.1. The summed E-state index contributed by atoms with van der Waals surface area (Å²) < 4.78 is 2.11. The first-order valence-electron chi connectivity index (χ1n) is 9.60. The number of hydrogen-bond donors (Lipinski definition) is 0. The van der Waals surface area contributed by atoms with E-state index in [1.807, 2.05) is 29.6 Å². The van der Waals surface area contributed by atoms with Crippen LogP contribution in [0, 0.1) is 11.8 Å². The molecule has 2 aromatic rings. The van der Waals surface area contributed by atoms with Crippen LogP contribution >= 0.6 is 0 Å². The zero-order valence-corrected chi connectivity index (χ0v) is 15.4. The van der Waals surface area contributed by atoms with Gasteiger partial charge in [0.05, 0.1) is 12.2 Å². The number of hydrogen-bond acceptors (Lipinski definition) is 4. The lowest BCUT2D eigenvalue weighted by Crippen LogP contribution is -2.43. The number of aromatic nitrogens is 3. The van der Waals surface area contributed by atoms with Crippen molar-refractivity contribution in [3.05, 3.63) is 48.8 Å². The number of amides is 2. The van der Waals surface area contributed by atoms with Crippen LogP contribution in [0.1, 0.15) is 24.8 Å². The maximum atomic E-state index is 12.9. The molecule has 2 saturated heterocycles. The van der Waals surface area contributed by atoms with Gasteiger partial charge in [0.1, 0.15) is 0 Å². The van der Waals surface area contributed by atoms with E-state index in [-0.39, 0.29) is 17.7 Å². The maximum absolute atomic E-state index is 12.9. The van der Waals surface area contributed by atoms with Crippen molar-refractivity contribution in [1.29, 1.82) is 0 Å². The Hall–Kier alpha value is -2.70. The highest BCUT2D eigenvalue weighted by molar-refractivity contribution is 5.89. The van der Waals surface area contributed by atoms with Crippen LogP contribution in [0.4, 0.5) is 0 Å².